The summed E-state index contributed by atoms with van der Waals surface area (Å²) in [5.41, 5.74) is 0.910. The van der Waals surface area contributed by atoms with Crippen LogP contribution in [0.4, 0.5) is 4.39 Å². The summed E-state index contributed by atoms with van der Waals surface area (Å²) in [4.78, 5) is 11.8. The van der Waals surface area contributed by atoms with Gasteiger partial charge >= 0.3 is 0 Å². The predicted molar refractivity (Wildman–Crippen MR) is 75.9 cm³/mol. The molecule has 0 spiro atoms. The van der Waals surface area contributed by atoms with E-state index in [-0.39, 0.29) is 30.0 Å². The number of carbonyl (C=O) groups excluding carboxylic acids is 1. The van der Waals surface area contributed by atoms with Crippen molar-refractivity contribution in [2.45, 2.75) is 13.3 Å². The highest BCUT2D eigenvalue weighted by molar-refractivity contribution is 5.85. The van der Waals surface area contributed by atoms with Gasteiger partial charge in [0.15, 0.2) is 0 Å². The second kappa shape index (κ2) is 7.46. The molecule has 1 unspecified atom stereocenters. The first-order valence-corrected chi connectivity index (χ1v) is 6.39. The van der Waals surface area contributed by atoms with Gasteiger partial charge in [-0.1, -0.05) is 19.1 Å². The maximum atomic E-state index is 12.9. The number of carbonyl (C=O) groups is 1. The highest BCUT2D eigenvalue weighted by atomic mass is 35.5. The van der Waals surface area contributed by atoms with Crippen molar-refractivity contribution in [2.24, 2.45) is 11.8 Å². The van der Waals surface area contributed by atoms with Gasteiger partial charge in [-0.25, -0.2) is 4.39 Å². The molecule has 1 fully saturated rings. The minimum atomic E-state index is -0.229. The maximum Gasteiger partial charge on any atom is 0.223 e. The zero-order chi connectivity index (χ0) is 13.0. The van der Waals surface area contributed by atoms with Gasteiger partial charge in [-0.05, 0) is 43.1 Å². The number of nitrogens with one attached hydrogen (secondary N) is 2. The Kier molecular flexibility index (Phi) is 6.25. The van der Waals surface area contributed by atoms with Gasteiger partial charge in [0.25, 0.3) is 0 Å². The Morgan fingerprint density at radius 1 is 1.53 bits per heavy atom. The molecule has 0 aliphatic carbocycles. The number of rotatable bonds is 5. The Hall–Kier alpha value is -1.13. The second-order valence-corrected chi connectivity index (χ2v) is 4.88. The molecule has 0 bridgehead atoms. The van der Waals surface area contributed by atoms with Crippen LogP contribution in [-0.4, -0.2) is 25.5 Å². The Balaban J connectivity index is 0.00000180. The molecule has 1 atom stereocenters. The smallest absolute Gasteiger partial charge is 0.223 e. The van der Waals surface area contributed by atoms with E-state index in [1.165, 1.54) is 12.1 Å². The maximum absolute atomic E-state index is 12.9. The first-order chi connectivity index (χ1) is 8.66. The third kappa shape index (κ3) is 4.48. The third-order valence-corrected chi connectivity index (χ3v) is 3.54. The van der Waals surface area contributed by atoms with E-state index in [2.05, 4.69) is 10.6 Å². The molecule has 1 aliphatic rings. The molecule has 2 N–H and O–H groups in total. The van der Waals surface area contributed by atoms with Crippen molar-refractivity contribution in [2.75, 3.05) is 19.6 Å². The predicted octanol–water partition coefficient (Wildman–Crippen LogP) is 1.76. The summed E-state index contributed by atoms with van der Waals surface area (Å²) < 4.78 is 12.9. The average Bonchev–Trinajstić information content (AvgIpc) is 2.26. The Morgan fingerprint density at radius 3 is 2.84 bits per heavy atom. The van der Waals surface area contributed by atoms with Crippen LogP contribution in [0.25, 0.3) is 0 Å². The minimum Gasteiger partial charge on any atom is -0.356 e. The van der Waals surface area contributed by atoms with E-state index in [9.17, 15) is 9.18 Å². The summed E-state index contributed by atoms with van der Waals surface area (Å²) in [6.45, 7) is 4.38. The SMILES string of the molecule is CC(C(=O)NCCc1cccc(F)c1)C1CNC1.Cl. The average molecular weight is 287 g/mol. The van der Waals surface area contributed by atoms with E-state index in [4.69, 9.17) is 0 Å². The first kappa shape index (κ1) is 15.9. The van der Waals surface area contributed by atoms with Gasteiger partial charge in [0, 0.05) is 12.5 Å². The van der Waals surface area contributed by atoms with Crippen molar-refractivity contribution in [3.05, 3.63) is 35.6 Å². The summed E-state index contributed by atoms with van der Waals surface area (Å²) in [6.07, 6.45) is 0.666. The Bertz CT molecular complexity index is 424. The number of halogens is 2. The van der Waals surface area contributed by atoms with E-state index >= 15 is 0 Å². The lowest BCUT2D eigenvalue weighted by Gasteiger charge is -2.31. The molecule has 1 aromatic rings. The van der Waals surface area contributed by atoms with Crippen LogP contribution in [0.1, 0.15) is 12.5 Å². The molecule has 3 nitrogen and oxygen atoms in total. The Morgan fingerprint density at radius 2 is 2.26 bits per heavy atom. The Labute approximate surface area is 119 Å². The van der Waals surface area contributed by atoms with Gasteiger partial charge in [-0.15, -0.1) is 12.4 Å². The summed E-state index contributed by atoms with van der Waals surface area (Å²) in [7, 11) is 0. The van der Waals surface area contributed by atoms with Crippen molar-refractivity contribution in [1.82, 2.24) is 10.6 Å². The van der Waals surface area contributed by atoms with Gasteiger partial charge in [0.05, 0.1) is 0 Å². The molecule has 1 heterocycles. The molecular formula is C14H20ClFN2O. The van der Waals surface area contributed by atoms with Crippen LogP contribution >= 0.6 is 12.4 Å². The molecule has 0 radical (unpaired) electrons. The molecule has 1 saturated heterocycles. The molecule has 1 aromatic carbocycles. The molecule has 106 valence electrons. The fraction of sp³-hybridized carbons (Fsp3) is 0.500. The lowest BCUT2D eigenvalue weighted by atomic mass is 9.88. The van der Waals surface area contributed by atoms with Gasteiger partial charge in [-0.3, -0.25) is 4.79 Å². The lowest BCUT2D eigenvalue weighted by Crippen LogP contribution is -2.49. The quantitative estimate of drug-likeness (QED) is 0.866. The van der Waals surface area contributed by atoms with Crippen molar-refractivity contribution in [3.63, 3.8) is 0 Å². The summed E-state index contributed by atoms with van der Waals surface area (Å²) >= 11 is 0. The lowest BCUT2D eigenvalue weighted by molar-refractivity contribution is -0.126. The van der Waals surface area contributed by atoms with Gasteiger partial charge in [-0.2, -0.15) is 0 Å². The summed E-state index contributed by atoms with van der Waals surface area (Å²) in [6, 6.07) is 6.49. The van der Waals surface area contributed by atoms with Gasteiger partial charge in [0.1, 0.15) is 5.82 Å². The number of benzene rings is 1. The number of hydrogen-bond acceptors (Lipinski definition) is 2. The van der Waals surface area contributed by atoms with E-state index < -0.39 is 0 Å². The van der Waals surface area contributed by atoms with Crippen LogP contribution in [0.3, 0.4) is 0 Å². The highest BCUT2D eigenvalue weighted by Crippen LogP contribution is 2.15. The van der Waals surface area contributed by atoms with Gasteiger partial charge < -0.3 is 10.6 Å². The van der Waals surface area contributed by atoms with Crippen molar-refractivity contribution < 1.29 is 9.18 Å². The topological polar surface area (TPSA) is 41.1 Å². The van der Waals surface area contributed by atoms with Crippen LogP contribution in [0.15, 0.2) is 24.3 Å². The zero-order valence-electron chi connectivity index (χ0n) is 11.0. The minimum absolute atomic E-state index is 0. The monoisotopic (exact) mass is 286 g/mol. The zero-order valence-corrected chi connectivity index (χ0v) is 11.8. The van der Waals surface area contributed by atoms with Gasteiger partial charge in [0.2, 0.25) is 5.91 Å². The van der Waals surface area contributed by atoms with Crippen LogP contribution in [0.5, 0.6) is 0 Å². The molecule has 5 heteroatoms. The number of amides is 1. The molecule has 0 saturated carbocycles. The molecule has 1 aliphatic heterocycles. The third-order valence-electron chi connectivity index (χ3n) is 3.54. The standard InChI is InChI=1S/C14H19FN2O.ClH/c1-10(12-8-16-9-12)14(18)17-6-5-11-3-2-4-13(15)7-11;/h2-4,7,10,12,16H,5-6,8-9H2,1H3,(H,17,18);1H. The largest absolute Gasteiger partial charge is 0.356 e. The summed E-state index contributed by atoms with van der Waals surface area (Å²) in [5, 5.41) is 6.07. The molecule has 0 aromatic heterocycles. The summed E-state index contributed by atoms with van der Waals surface area (Å²) in [5.74, 6) is 0.378. The van der Waals surface area contributed by atoms with Crippen molar-refractivity contribution >= 4 is 18.3 Å². The molecule has 19 heavy (non-hydrogen) atoms. The van der Waals surface area contributed by atoms with Crippen molar-refractivity contribution in [3.8, 4) is 0 Å². The second-order valence-electron chi connectivity index (χ2n) is 4.88. The van der Waals surface area contributed by atoms with E-state index in [0.29, 0.717) is 18.9 Å². The van der Waals surface area contributed by atoms with E-state index in [0.717, 1.165) is 18.7 Å². The highest BCUT2D eigenvalue weighted by Gasteiger charge is 2.28. The van der Waals surface area contributed by atoms with Crippen LogP contribution in [0.2, 0.25) is 0 Å². The normalized spacial score (nSPS) is 16.1. The fourth-order valence-corrected chi connectivity index (χ4v) is 2.06. The molecule has 1 amide bonds. The van der Waals surface area contributed by atoms with Crippen LogP contribution in [-0.2, 0) is 11.2 Å². The molecular weight excluding hydrogens is 267 g/mol. The van der Waals surface area contributed by atoms with E-state index in [1.54, 1.807) is 6.07 Å². The van der Waals surface area contributed by atoms with Crippen LogP contribution in [0, 0.1) is 17.7 Å². The van der Waals surface area contributed by atoms with Crippen LogP contribution < -0.4 is 10.6 Å². The molecule has 2 rings (SSSR count). The van der Waals surface area contributed by atoms with Crippen molar-refractivity contribution in [1.29, 1.82) is 0 Å². The first-order valence-electron chi connectivity index (χ1n) is 6.39. The number of hydrogen-bond donors (Lipinski definition) is 2. The fourth-order valence-electron chi connectivity index (χ4n) is 2.06. The van der Waals surface area contributed by atoms with E-state index in [1.807, 2.05) is 13.0 Å².